The van der Waals surface area contributed by atoms with Crippen molar-refractivity contribution in [2.45, 2.75) is 6.42 Å². The summed E-state index contributed by atoms with van der Waals surface area (Å²) in [5.74, 6) is 1.09. The van der Waals surface area contributed by atoms with Crippen molar-refractivity contribution in [3.8, 4) is 11.5 Å². The molecule has 146 valence electrons. The molecule has 3 aromatic rings. The number of halogens is 1. The van der Waals surface area contributed by atoms with Crippen molar-refractivity contribution < 1.29 is 14.3 Å². The summed E-state index contributed by atoms with van der Waals surface area (Å²) in [6.45, 7) is 0. The van der Waals surface area contributed by atoms with Gasteiger partial charge in [-0.2, -0.15) is 0 Å². The third kappa shape index (κ3) is 4.67. The number of aromatic nitrogens is 1. The monoisotopic (exact) mass is 424 g/mol. The average molecular weight is 425 g/mol. The van der Waals surface area contributed by atoms with E-state index in [0.29, 0.717) is 33.6 Å². The molecule has 0 atom stereocenters. The van der Waals surface area contributed by atoms with Gasteiger partial charge in [-0.25, -0.2) is 4.98 Å². The molecule has 1 aliphatic heterocycles. The molecule has 1 N–H and O–H groups in total. The Morgan fingerprint density at radius 2 is 2.17 bits per heavy atom. The predicted octanol–water partition coefficient (Wildman–Crippen LogP) is 5.32. The number of fused-ring (bicyclic) bond motifs is 1. The molecule has 0 unspecified atom stereocenters. The molecule has 29 heavy (non-hydrogen) atoms. The van der Waals surface area contributed by atoms with E-state index in [1.54, 1.807) is 31.5 Å². The van der Waals surface area contributed by atoms with Crippen molar-refractivity contribution in [1.82, 2.24) is 4.98 Å². The van der Waals surface area contributed by atoms with E-state index in [1.165, 1.54) is 17.6 Å². The van der Waals surface area contributed by atoms with Crippen molar-refractivity contribution in [2.75, 3.05) is 12.4 Å². The number of ether oxygens (including phenoxy) is 2. The van der Waals surface area contributed by atoms with E-state index in [2.05, 4.69) is 10.3 Å². The van der Waals surface area contributed by atoms with Crippen LogP contribution in [0.25, 0.3) is 6.08 Å². The summed E-state index contributed by atoms with van der Waals surface area (Å²) in [7, 11) is 1.60. The van der Waals surface area contributed by atoms with E-state index in [9.17, 15) is 4.79 Å². The average Bonchev–Trinajstić information content (AvgIpc) is 3.02. The van der Waals surface area contributed by atoms with Gasteiger partial charge in [0.25, 0.3) is 5.91 Å². The summed E-state index contributed by atoms with van der Waals surface area (Å²) in [6.07, 6.45) is 7.36. The Labute approximate surface area is 177 Å². The van der Waals surface area contributed by atoms with Crippen LogP contribution in [0.1, 0.15) is 16.0 Å². The van der Waals surface area contributed by atoms with Crippen molar-refractivity contribution in [2.24, 2.45) is 0 Å². The minimum absolute atomic E-state index is 0.260. The van der Waals surface area contributed by atoms with Gasteiger partial charge in [0.05, 0.1) is 13.4 Å². The number of nitrogens with one attached hydrogen (secondary N) is 1. The van der Waals surface area contributed by atoms with Crippen LogP contribution in [0.4, 0.5) is 5.13 Å². The van der Waals surface area contributed by atoms with Crippen LogP contribution in [0, 0.1) is 0 Å². The third-order valence-corrected chi connectivity index (χ3v) is 5.42. The second kappa shape index (κ2) is 8.51. The van der Waals surface area contributed by atoms with E-state index >= 15 is 0 Å². The van der Waals surface area contributed by atoms with E-state index in [1.807, 2.05) is 36.4 Å². The predicted molar refractivity (Wildman–Crippen MR) is 116 cm³/mol. The minimum atomic E-state index is -0.260. The lowest BCUT2D eigenvalue weighted by Gasteiger charge is -2.06. The second-order valence-electron chi connectivity index (χ2n) is 6.32. The topological polar surface area (TPSA) is 60.5 Å². The fourth-order valence-electron chi connectivity index (χ4n) is 2.88. The normalized spacial score (nSPS) is 12.4. The van der Waals surface area contributed by atoms with Crippen LogP contribution in [0.2, 0.25) is 5.02 Å². The number of carbonyl (C=O) groups excluding carboxylic acids is 1. The molecule has 0 bridgehead atoms. The quantitative estimate of drug-likeness (QED) is 0.601. The SMILES string of the molecule is COc1ccc2c(c1)C=C(C(=O)Nc1ncc(Cc3cccc(Cl)c3)s1)C=CO2. The third-order valence-electron chi connectivity index (χ3n) is 4.27. The Morgan fingerprint density at radius 3 is 3.00 bits per heavy atom. The molecule has 0 aliphatic carbocycles. The van der Waals surface area contributed by atoms with Gasteiger partial charge >= 0.3 is 0 Å². The first-order valence-electron chi connectivity index (χ1n) is 8.84. The lowest BCUT2D eigenvalue weighted by molar-refractivity contribution is -0.112. The highest BCUT2D eigenvalue weighted by molar-refractivity contribution is 7.15. The zero-order valence-electron chi connectivity index (χ0n) is 15.5. The van der Waals surface area contributed by atoms with E-state index in [4.69, 9.17) is 21.1 Å². The maximum atomic E-state index is 12.7. The highest BCUT2D eigenvalue weighted by Crippen LogP contribution is 2.29. The lowest BCUT2D eigenvalue weighted by atomic mass is 10.1. The fourth-order valence-corrected chi connectivity index (χ4v) is 3.93. The number of amides is 1. The summed E-state index contributed by atoms with van der Waals surface area (Å²) in [5.41, 5.74) is 2.32. The molecule has 0 radical (unpaired) electrons. The van der Waals surface area contributed by atoms with Crippen molar-refractivity contribution in [3.05, 3.63) is 87.6 Å². The molecule has 1 aliphatic rings. The zero-order chi connectivity index (χ0) is 20.2. The van der Waals surface area contributed by atoms with Crippen LogP contribution in [-0.4, -0.2) is 18.0 Å². The zero-order valence-corrected chi connectivity index (χ0v) is 17.1. The van der Waals surface area contributed by atoms with Gasteiger partial charge in [-0.15, -0.1) is 11.3 Å². The maximum Gasteiger partial charge on any atom is 0.257 e. The number of methoxy groups -OCH3 is 1. The van der Waals surface area contributed by atoms with Crippen LogP contribution in [0.5, 0.6) is 11.5 Å². The number of hydrogen-bond acceptors (Lipinski definition) is 5. The molecule has 1 amide bonds. The van der Waals surface area contributed by atoms with Crippen LogP contribution in [0.15, 0.2) is 66.6 Å². The van der Waals surface area contributed by atoms with Gasteiger partial charge in [-0.1, -0.05) is 23.7 Å². The van der Waals surface area contributed by atoms with Crippen LogP contribution in [0.3, 0.4) is 0 Å². The second-order valence-corrected chi connectivity index (χ2v) is 7.87. The molecule has 7 heteroatoms. The molecule has 0 saturated carbocycles. The number of thiazole rings is 1. The van der Waals surface area contributed by atoms with Gasteiger partial charge < -0.3 is 9.47 Å². The Balaban J connectivity index is 1.49. The van der Waals surface area contributed by atoms with Gasteiger partial charge in [0.15, 0.2) is 5.13 Å². The molecule has 1 aromatic heterocycles. The van der Waals surface area contributed by atoms with Crippen LogP contribution >= 0.6 is 22.9 Å². The largest absolute Gasteiger partial charge is 0.497 e. The van der Waals surface area contributed by atoms with E-state index < -0.39 is 0 Å². The van der Waals surface area contributed by atoms with Gasteiger partial charge in [0, 0.05) is 33.7 Å². The highest BCUT2D eigenvalue weighted by atomic mass is 35.5. The Morgan fingerprint density at radius 1 is 1.28 bits per heavy atom. The Kier molecular flexibility index (Phi) is 5.64. The molecule has 0 saturated heterocycles. The van der Waals surface area contributed by atoms with Gasteiger partial charge in [-0.05, 0) is 48.0 Å². The van der Waals surface area contributed by atoms with E-state index in [-0.39, 0.29) is 5.91 Å². The maximum absolute atomic E-state index is 12.7. The fraction of sp³-hybridized carbons (Fsp3) is 0.0909. The number of carbonyl (C=O) groups is 1. The summed E-state index contributed by atoms with van der Waals surface area (Å²) >= 11 is 7.47. The van der Waals surface area contributed by atoms with Gasteiger partial charge in [-0.3, -0.25) is 10.1 Å². The number of anilines is 1. The van der Waals surface area contributed by atoms with E-state index in [0.717, 1.165) is 16.0 Å². The number of nitrogens with zero attached hydrogens (tertiary/aromatic N) is 1. The Hall–Kier alpha value is -3.09. The van der Waals surface area contributed by atoms with Gasteiger partial charge in [0.2, 0.25) is 0 Å². The number of rotatable bonds is 5. The smallest absolute Gasteiger partial charge is 0.257 e. The Bertz CT molecular complexity index is 1120. The summed E-state index contributed by atoms with van der Waals surface area (Å²) in [5, 5.41) is 4.09. The number of hydrogen-bond donors (Lipinski definition) is 1. The molecule has 4 rings (SSSR count). The first-order valence-corrected chi connectivity index (χ1v) is 10.0. The molecule has 5 nitrogen and oxygen atoms in total. The van der Waals surface area contributed by atoms with Gasteiger partial charge in [0.1, 0.15) is 11.5 Å². The summed E-state index contributed by atoms with van der Waals surface area (Å²) in [6, 6.07) is 13.1. The first-order chi connectivity index (χ1) is 14.1. The van der Waals surface area contributed by atoms with Crippen molar-refractivity contribution >= 4 is 40.1 Å². The minimum Gasteiger partial charge on any atom is -0.497 e. The highest BCUT2D eigenvalue weighted by Gasteiger charge is 2.14. The van der Waals surface area contributed by atoms with Crippen LogP contribution < -0.4 is 14.8 Å². The molecular formula is C22H17ClN2O3S. The molecule has 0 fully saturated rings. The van der Waals surface area contributed by atoms with Crippen molar-refractivity contribution in [3.63, 3.8) is 0 Å². The summed E-state index contributed by atoms with van der Waals surface area (Å²) < 4.78 is 10.8. The molecule has 0 spiro atoms. The molecule has 2 heterocycles. The van der Waals surface area contributed by atoms with Crippen LogP contribution in [-0.2, 0) is 11.2 Å². The standard InChI is InChI=1S/C22H17ClN2O3S/c1-27-18-5-6-20-16(12-18)11-15(7-8-28-20)21(26)25-22-24-13-19(29-22)10-14-3-2-4-17(23)9-14/h2-9,11-13H,10H2,1H3,(H,24,25,26). The summed E-state index contributed by atoms with van der Waals surface area (Å²) in [4.78, 5) is 18.1. The van der Waals surface area contributed by atoms with Crippen molar-refractivity contribution in [1.29, 1.82) is 0 Å². The number of benzene rings is 2. The molecular weight excluding hydrogens is 408 g/mol. The lowest BCUT2D eigenvalue weighted by Crippen LogP contribution is -2.12. The first kappa shape index (κ1) is 19.2. The molecule has 2 aromatic carbocycles.